The molecule has 0 aliphatic carbocycles. The van der Waals surface area contributed by atoms with E-state index in [1.165, 1.54) is 0 Å². The van der Waals surface area contributed by atoms with Gasteiger partial charge in [0.05, 0.1) is 13.0 Å². The third-order valence-electron chi connectivity index (χ3n) is 3.63. The molecule has 22 heavy (non-hydrogen) atoms. The number of hydrogen-bond donors (Lipinski definition) is 2. The van der Waals surface area contributed by atoms with Crippen molar-refractivity contribution in [1.82, 2.24) is 5.32 Å². The van der Waals surface area contributed by atoms with Gasteiger partial charge >= 0.3 is 18.1 Å². The number of fused-ring (bicyclic) bond motifs is 1. The number of carbonyl (C=O) groups excluding carboxylic acids is 1. The Hall–Kier alpha value is -2.25. The van der Waals surface area contributed by atoms with Crippen molar-refractivity contribution in [3.63, 3.8) is 0 Å². The third-order valence-corrected chi connectivity index (χ3v) is 3.63. The van der Waals surface area contributed by atoms with Gasteiger partial charge in [-0.25, -0.2) is 0 Å². The van der Waals surface area contributed by atoms with Crippen LogP contribution >= 0.6 is 0 Å². The number of hydrogen-bond acceptors (Lipinski definition) is 3. The summed E-state index contributed by atoms with van der Waals surface area (Å²) in [4.78, 5) is 22.2. The molecule has 0 aromatic heterocycles. The number of ether oxygens (including phenoxy) is 1. The molecule has 1 aliphatic rings. The fourth-order valence-corrected chi connectivity index (χ4v) is 2.59. The van der Waals surface area contributed by atoms with E-state index in [0.717, 1.165) is 0 Å². The molecule has 0 radical (unpaired) electrons. The fourth-order valence-electron chi connectivity index (χ4n) is 2.59. The van der Waals surface area contributed by atoms with Gasteiger partial charge in [-0.1, -0.05) is 18.2 Å². The zero-order valence-electron chi connectivity index (χ0n) is 11.4. The Morgan fingerprint density at radius 3 is 2.64 bits per heavy atom. The van der Waals surface area contributed by atoms with Crippen LogP contribution in [0.3, 0.4) is 0 Å². The monoisotopic (exact) mass is 317 g/mol. The Balaban J connectivity index is 2.30. The number of aliphatic carboxylic acids is 1. The molecule has 2 rings (SSSR count). The summed E-state index contributed by atoms with van der Waals surface area (Å²) < 4.78 is 42.4. The van der Waals surface area contributed by atoms with E-state index in [0.29, 0.717) is 11.3 Å². The number of para-hydroxylation sites is 1. The van der Waals surface area contributed by atoms with Crippen LogP contribution < -0.4 is 10.1 Å². The molecular formula is C14H14F3NO4. The number of benzene rings is 1. The Labute approximate surface area is 124 Å². The molecular weight excluding hydrogens is 303 g/mol. The summed E-state index contributed by atoms with van der Waals surface area (Å²) in [6.07, 6.45) is -5.20. The van der Waals surface area contributed by atoms with Crippen LogP contribution in [0.5, 0.6) is 5.75 Å². The topological polar surface area (TPSA) is 75.6 Å². The summed E-state index contributed by atoms with van der Waals surface area (Å²) in [5, 5.41) is 10.9. The molecule has 0 spiro atoms. The third kappa shape index (κ3) is 3.32. The minimum Gasteiger partial charge on any atom is -0.493 e. The minimum atomic E-state index is -5.00. The highest BCUT2D eigenvalue weighted by molar-refractivity contribution is 5.82. The second-order valence-electron chi connectivity index (χ2n) is 5.13. The van der Waals surface area contributed by atoms with Crippen molar-refractivity contribution in [1.29, 1.82) is 0 Å². The summed E-state index contributed by atoms with van der Waals surface area (Å²) in [5.74, 6) is -2.81. The molecule has 8 heteroatoms. The zero-order valence-corrected chi connectivity index (χ0v) is 11.4. The largest absolute Gasteiger partial charge is 0.493 e. The molecule has 1 aliphatic heterocycles. The SMILES string of the molecule is O=C(O)CC1(CNC(=O)C(F)(F)F)CCOc2ccccc21. The van der Waals surface area contributed by atoms with Crippen molar-refractivity contribution >= 4 is 11.9 Å². The maximum absolute atomic E-state index is 12.3. The predicted molar refractivity (Wildman–Crippen MR) is 69.5 cm³/mol. The molecule has 2 N–H and O–H groups in total. The van der Waals surface area contributed by atoms with Gasteiger partial charge < -0.3 is 15.2 Å². The number of rotatable bonds is 4. The number of carboxylic acid groups (broad SMARTS) is 1. The number of alkyl halides is 3. The highest BCUT2D eigenvalue weighted by Crippen LogP contribution is 2.41. The number of nitrogens with one attached hydrogen (secondary N) is 1. The fraction of sp³-hybridized carbons (Fsp3) is 0.429. The molecule has 1 aromatic rings. The second kappa shape index (κ2) is 5.86. The Bertz CT molecular complexity index is 588. The van der Waals surface area contributed by atoms with Crippen LogP contribution in [0.25, 0.3) is 0 Å². The summed E-state index contributed by atoms with van der Waals surface area (Å²) >= 11 is 0. The van der Waals surface area contributed by atoms with Crippen molar-refractivity contribution in [2.45, 2.75) is 24.4 Å². The van der Waals surface area contributed by atoms with E-state index in [2.05, 4.69) is 0 Å². The maximum Gasteiger partial charge on any atom is 0.471 e. The van der Waals surface area contributed by atoms with Crippen molar-refractivity contribution in [2.75, 3.05) is 13.2 Å². The van der Waals surface area contributed by atoms with Crippen LogP contribution in [0, 0.1) is 0 Å². The lowest BCUT2D eigenvalue weighted by Gasteiger charge is -2.38. The predicted octanol–water partition coefficient (Wildman–Crippen LogP) is 1.86. The van der Waals surface area contributed by atoms with Gasteiger partial charge in [0, 0.05) is 17.5 Å². The molecule has 0 fully saturated rings. The standard InChI is InChI=1S/C14H14F3NO4/c15-14(16,17)12(21)18-8-13(7-11(19)20)5-6-22-10-4-2-1-3-9(10)13/h1-4H,5-8H2,(H,18,21)(H,19,20). The molecule has 1 amide bonds. The number of amides is 1. The van der Waals surface area contributed by atoms with Crippen LogP contribution in [-0.4, -0.2) is 36.3 Å². The lowest BCUT2D eigenvalue weighted by Crippen LogP contribution is -2.48. The van der Waals surface area contributed by atoms with E-state index in [4.69, 9.17) is 9.84 Å². The summed E-state index contributed by atoms with van der Waals surface area (Å²) in [5.41, 5.74) is -0.632. The van der Waals surface area contributed by atoms with Crippen LogP contribution in [0.2, 0.25) is 0 Å². The van der Waals surface area contributed by atoms with Gasteiger partial charge in [-0.3, -0.25) is 9.59 Å². The first-order valence-corrected chi connectivity index (χ1v) is 6.54. The smallest absolute Gasteiger partial charge is 0.471 e. The minimum absolute atomic E-state index is 0.173. The molecule has 5 nitrogen and oxygen atoms in total. The van der Waals surface area contributed by atoms with Gasteiger partial charge in [-0.05, 0) is 12.5 Å². The van der Waals surface area contributed by atoms with Gasteiger partial charge in [-0.15, -0.1) is 0 Å². The number of halogens is 3. The van der Waals surface area contributed by atoms with Gasteiger partial charge in [0.1, 0.15) is 5.75 Å². The van der Waals surface area contributed by atoms with E-state index >= 15 is 0 Å². The molecule has 1 heterocycles. The highest BCUT2D eigenvalue weighted by atomic mass is 19.4. The van der Waals surface area contributed by atoms with Crippen LogP contribution in [0.15, 0.2) is 24.3 Å². The van der Waals surface area contributed by atoms with Crippen molar-refractivity contribution < 1.29 is 32.6 Å². The highest BCUT2D eigenvalue weighted by Gasteiger charge is 2.43. The average Bonchev–Trinajstić information content (AvgIpc) is 2.43. The molecule has 0 bridgehead atoms. The Kier molecular flexibility index (Phi) is 4.30. The maximum atomic E-state index is 12.3. The molecule has 1 unspecified atom stereocenters. The lowest BCUT2D eigenvalue weighted by molar-refractivity contribution is -0.174. The summed E-state index contributed by atoms with van der Waals surface area (Å²) in [7, 11) is 0. The van der Waals surface area contributed by atoms with Crippen molar-refractivity contribution in [2.24, 2.45) is 0 Å². The van der Waals surface area contributed by atoms with Crippen molar-refractivity contribution in [3.8, 4) is 5.75 Å². The van der Waals surface area contributed by atoms with Crippen molar-refractivity contribution in [3.05, 3.63) is 29.8 Å². The zero-order chi connectivity index (χ0) is 16.4. The van der Waals surface area contributed by atoms with Gasteiger partial charge in [0.15, 0.2) is 0 Å². The van der Waals surface area contributed by atoms with Crippen LogP contribution in [0.4, 0.5) is 13.2 Å². The number of carboxylic acids is 1. The molecule has 1 aromatic carbocycles. The van der Waals surface area contributed by atoms with E-state index in [9.17, 15) is 22.8 Å². The van der Waals surface area contributed by atoms with Crippen LogP contribution in [0.1, 0.15) is 18.4 Å². The molecule has 120 valence electrons. The summed E-state index contributed by atoms with van der Waals surface area (Å²) in [6, 6.07) is 6.56. The van der Waals surface area contributed by atoms with Crippen LogP contribution in [-0.2, 0) is 15.0 Å². The lowest BCUT2D eigenvalue weighted by atomic mass is 9.73. The van der Waals surface area contributed by atoms with Gasteiger partial charge in [0.2, 0.25) is 0 Å². The quantitative estimate of drug-likeness (QED) is 0.889. The first kappa shape index (κ1) is 16.1. The Morgan fingerprint density at radius 1 is 1.32 bits per heavy atom. The van der Waals surface area contributed by atoms with E-state index < -0.39 is 36.4 Å². The molecule has 1 atom stereocenters. The second-order valence-corrected chi connectivity index (χ2v) is 5.13. The Morgan fingerprint density at radius 2 is 2.00 bits per heavy atom. The van der Waals surface area contributed by atoms with E-state index in [1.807, 2.05) is 0 Å². The number of carbonyl (C=O) groups is 2. The molecule has 0 saturated carbocycles. The van der Waals surface area contributed by atoms with Gasteiger partial charge in [0.25, 0.3) is 0 Å². The summed E-state index contributed by atoms with van der Waals surface area (Å²) in [6.45, 7) is -0.246. The molecule has 0 saturated heterocycles. The normalized spacial score (nSPS) is 20.7. The average molecular weight is 317 g/mol. The van der Waals surface area contributed by atoms with Gasteiger partial charge in [-0.2, -0.15) is 13.2 Å². The van der Waals surface area contributed by atoms with E-state index in [1.54, 1.807) is 29.6 Å². The first-order valence-electron chi connectivity index (χ1n) is 6.54. The first-order chi connectivity index (χ1) is 10.2. The van der Waals surface area contributed by atoms with E-state index in [-0.39, 0.29) is 13.0 Å².